The molecule has 0 atom stereocenters. The third-order valence-corrected chi connectivity index (χ3v) is 4.02. The van der Waals surface area contributed by atoms with Crippen molar-refractivity contribution in [1.29, 1.82) is 0 Å². The second kappa shape index (κ2) is 7.64. The Kier molecular flexibility index (Phi) is 5.11. The Hall–Kier alpha value is -2.82. The standard InChI is InChI=1S/C19H21N3O2/c1-20-19(23)24-17-5-6-18-16(14-17)9-13-22(18)12-3-2-4-15-7-10-21-11-8-15/h5-11,13-14H,2-4,12H2,1H3,(H,20,23). The fraction of sp³-hybridized carbons (Fsp3) is 0.263. The van der Waals surface area contributed by atoms with Gasteiger partial charge >= 0.3 is 6.09 Å². The summed E-state index contributed by atoms with van der Waals surface area (Å²) in [6, 6.07) is 11.9. The van der Waals surface area contributed by atoms with Gasteiger partial charge in [-0.1, -0.05) is 0 Å². The molecule has 5 heteroatoms. The summed E-state index contributed by atoms with van der Waals surface area (Å²) in [5, 5.41) is 3.52. The predicted octanol–water partition coefficient (Wildman–Crippen LogP) is 3.78. The number of fused-ring (bicyclic) bond motifs is 1. The van der Waals surface area contributed by atoms with Gasteiger partial charge in [0.2, 0.25) is 0 Å². The van der Waals surface area contributed by atoms with Crippen LogP contribution in [0, 0.1) is 0 Å². The van der Waals surface area contributed by atoms with Crippen molar-refractivity contribution in [2.45, 2.75) is 25.8 Å². The number of hydrogen-bond donors (Lipinski definition) is 1. The van der Waals surface area contributed by atoms with Crippen LogP contribution < -0.4 is 10.1 Å². The Morgan fingerprint density at radius 2 is 2.00 bits per heavy atom. The van der Waals surface area contributed by atoms with E-state index in [2.05, 4.69) is 39.3 Å². The van der Waals surface area contributed by atoms with Crippen molar-refractivity contribution >= 4 is 17.0 Å². The number of unbranched alkanes of at least 4 members (excludes halogenated alkanes) is 1. The SMILES string of the molecule is CNC(=O)Oc1ccc2c(ccn2CCCCc2ccncc2)c1. The molecule has 0 aliphatic rings. The smallest absolute Gasteiger partial charge is 0.410 e. The zero-order valence-corrected chi connectivity index (χ0v) is 13.7. The van der Waals surface area contributed by atoms with E-state index in [0.29, 0.717) is 5.75 Å². The molecule has 24 heavy (non-hydrogen) atoms. The molecule has 0 saturated heterocycles. The molecule has 3 aromatic rings. The fourth-order valence-electron chi connectivity index (χ4n) is 2.76. The number of rotatable bonds is 6. The Morgan fingerprint density at radius 3 is 2.79 bits per heavy atom. The lowest BCUT2D eigenvalue weighted by atomic mass is 10.1. The van der Waals surface area contributed by atoms with E-state index in [4.69, 9.17) is 4.74 Å². The maximum Gasteiger partial charge on any atom is 0.412 e. The molecular formula is C19H21N3O2. The van der Waals surface area contributed by atoms with Crippen LogP contribution in [0.5, 0.6) is 5.75 Å². The van der Waals surface area contributed by atoms with Crippen LogP contribution in [0.2, 0.25) is 0 Å². The van der Waals surface area contributed by atoms with Gasteiger partial charge in [-0.05, 0) is 61.2 Å². The van der Waals surface area contributed by atoms with E-state index in [9.17, 15) is 4.79 Å². The van der Waals surface area contributed by atoms with Crippen molar-refractivity contribution in [1.82, 2.24) is 14.9 Å². The number of carbonyl (C=O) groups excluding carboxylic acids is 1. The monoisotopic (exact) mass is 323 g/mol. The number of nitrogens with zero attached hydrogens (tertiary/aromatic N) is 2. The molecule has 0 fully saturated rings. The molecule has 0 aliphatic carbocycles. The van der Waals surface area contributed by atoms with Crippen molar-refractivity contribution in [2.24, 2.45) is 0 Å². The number of pyridine rings is 1. The van der Waals surface area contributed by atoms with Crippen LogP contribution in [0.1, 0.15) is 18.4 Å². The third-order valence-electron chi connectivity index (χ3n) is 4.02. The largest absolute Gasteiger partial charge is 0.412 e. The maximum absolute atomic E-state index is 11.3. The van der Waals surface area contributed by atoms with E-state index >= 15 is 0 Å². The summed E-state index contributed by atoms with van der Waals surface area (Å²) in [4.78, 5) is 15.3. The van der Waals surface area contributed by atoms with E-state index in [0.717, 1.165) is 36.7 Å². The van der Waals surface area contributed by atoms with E-state index < -0.39 is 6.09 Å². The van der Waals surface area contributed by atoms with Gasteiger partial charge in [0.25, 0.3) is 0 Å². The molecule has 1 aromatic carbocycles. The van der Waals surface area contributed by atoms with Gasteiger partial charge in [0.1, 0.15) is 5.75 Å². The van der Waals surface area contributed by atoms with Crippen LogP contribution in [0.3, 0.4) is 0 Å². The topological polar surface area (TPSA) is 56.1 Å². The number of aryl methyl sites for hydroxylation is 2. The van der Waals surface area contributed by atoms with Gasteiger partial charge in [-0.25, -0.2) is 4.79 Å². The first kappa shape index (κ1) is 16.1. The summed E-state index contributed by atoms with van der Waals surface area (Å²) in [5.41, 5.74) is 2.49. The number of aromatic nitrogens is 2. The predicted molar refractivity (Wildman–Crippen MR) is 94.2 cm³/mol. The van der Waals surface area contributed by atoms with Crippen LogP contribution >= 0.6 is 0 Å². The van der Waals surface area contributed by atoms with Gasteiger partial charge in [0.05, 0.1) is 0 Å². The van der Waals surface area contributed by atoms with E-state index in [1.165, 1.54) is 5.56 Å². The molecule has 3 rings (SSSR count). The Bertz CT molecular complexity index is 812. The van der Waals surface area contributed by atoms with E-state index in [1.807, 2.05) is 30.6 Å². The first-order chi connectivity index (χ1) is 11.8. The zero-order valence-electron chi connectivity index (χ0n) is 13.7. The number of ether oxygens (including phenoxy) is 1. The van der Waals surface area contributed by atoms with Crippen LogP contribution in [-0.4, -0.2) is 22.7 Å². The van der Waals surface area contributed by atoms with Crippen LogP contribution in [0.4, 0.5) is 4.79 Å². The van der Waals surface area contributed by atoms with Gasteiger partial charge in [-0.15, -0.1) is 0 Å². The van der Waals surface area contributed by atoms with Gasteiger partial charge < -0.3 is 14.6 Å². The first-order valence-corrected chi connectivity index (χ1v) is 8.13. The van der Waals surface area contributed by atoms with Gasteiger partial charge in [0.15, 0.2) is 0 Å². The van der Waals surface area contributed by atoms with Crippen molar-refractivity contribution in [3.8, 4) is 5.75 Å². The Morgan fingerprint density at radius 1 is 1.17 bits per heavy atom. The summed E-state index contributed by atoms with van der Waals surface area (Å²) >= 11 is 0. The number of amides is 1. The lowest BCUT2D eigenvalue weighted by Crippen LogP contribution is -2.21. The molecule has 0 spiro atoms. The fourth-order valence-corrected chi connectivity index (χ4v) is 2.76. The van der Waals surface area contributed by atoms with Gasteiger partial charge in [-0.3, -0.25) is 4.98 Å². The van der Waals surface area contributed by atoms with Crippen molar-refractivity contribution < 1.29 is 9.53 Å². The third kappa shape index (κ3) is 3.93. The molecule has 2 aromatic heterocycles. The minimum Gasteiger partial charge on any atom is -0.410 e. The lowest BCUT2D eigenvalue weighted by Gasteiger charge is -2.07. The molecule has 2 heterocycles. The number of nitrogens with one attached hydrogen (secondary N) is 1. The molecule has 0 bridgehead atoms. The summed E-state index contributed by atoms with van der Waals surface area (Å²) in [7, 11) is 1.54. The highest BCUT2D eigenvalue weighted by atomic mass is 16.5. The lowest BCUT2D eigenvalue weighted by molar-refractivity contribution is 0.203. The highest BCUT2D eigenvalue weighted by molar-refractivity contribution is 5.82. The Balaban J connectivity index is 1.58. The second-order valence-corrected chi connectivity index (χ2v) is 5.68. The van der Waals surface area contributed by atoms with E-state index in [-0.39, 0.29) is 0 Å². The molecule has 0 radical (unpaired) electrons. The highest BCUT2D eigenvalue weighted by Gasteiger charge is 2.05. The quantitative estimate of drug-likeness (QED) is 0.702. The van der Waals surface area contributed by atoms with E-state index in [1.54, 1.807) is 7.05 Å². The molecular weight excluding hydrogens is 302 g/mol. The minimum absolute atomic E-state index is 0.454. The van der Waals surface area contributed by atoms with Crippen LogP contribution in [-0.2, 0) is 13.0 Å². The first-order valence-electron chi connectivity index (χ1n) is 8.13. The van der Waals surface area contributed by atoms with Crippen LogP contribution in [0.25, 0.3) is 10.9 Å². The summed E-state index contributed by atoms with van der Waals surface area (Å²) in [5.74, 6) is 0.553. The summed E-state index contributed by atoms with van der Waals surface area (Å²) in [6.07, 6.45) is 8.64. The highest BCUT2D eigenvalue weighted by Crippen LogP contribution is 2.22. The Labute approximate surface area is 141 Å². The van der Waals surface area contributed by atoms with Crippen molar-refractivity contribution in [2.75, 3.05) is 7.05 Å². The molecule has 0 saturated carbocycles. The summed E-state index contributed by atoms with van der Waals surface area (Å²) < 4.78 is 7.41. The molecule has 1 N–H and O–H groups in total. The van der Waals surface area contributed by atoms with Gasteiger partial charge in [-0.2, -0.15) is 0 Å². The molecule has 1 amide bonds. The normalized spacial score (nSPS) is 10.7. The number of carbonyl (C=O) groups is 1. The van der Waals surface area contributed by atoms with Crippen LogP contribution in [0.15, 0.2) is 55.0 Å². The minimum atomic E-state index is -0.454. The molecule has 0 unspecified atom stereocenters. The number of hydrogen-bond acceptors (Lipinski definition) is 3. The zero-order chi connectivity index (χ0) is 16.8. The average Bonchev–Trinajstić information content (AvgIpc) is 3.02. The summed E-state index contributed by atoms with van der Waals surface area (Å²) in [6.45, 7) is 0.976. The van der Waals surface area contributed by atoms with Gasteiger partial charge in [0, 0.05) is 43.1 Å². The van der Waals surface area contributed by atoms with Crippen molar-refractivity contribution in [3.63, 3.8) is 0 Å². The number of benzene rings is 1. The molecule has 0 aliphatic heterocycles. The molecule has 124 valence electrons. The average molecular weight is 323 g/mol. The van der Waals surface area contributed by atoms with Crippen molar-refractivity contribution in [3.05, 3.63) is 60.6 Å². The second-order valence-electron chi connectivity index (χ2n) is 5.68. The molecule has 5 nitrogen and oxygen atoms in total. The maximum atomic E-state index is 11.3.